The fraction of sp³-hybridized carbons (Fsp3) is 0.308. The molecule has 0 aliphatic heterocycles. The fourth-order valence-electron chi connectivity index (χ4n) is 1.73. The van der Waals surface area contributed by atoms with E-state index in [2.05, 4.69) is 15.4 Å². The number of carbonyl (C=O) groups is 1. The third-order valence-electron chi connectivity index (χ3n) is 2.57. The van der Waals surface area contributed by atoms with Gasteiger partial charge in [-0.1, -0.05) is 0 Å². The van der Waals surface area contributed by atoms with Gasteiger partial charge in [0.1, 0.15) is 11.4 Å². The topological polar surface area (TPSA) is 69.0 Å². The monoisotopic (exact) mass is 260 g/mol. The summed E-state index contributed by atoms with van der Waals surface area (Å²) in [4.78, 5) is 16.0. The highest BCUT2D eigenvalue weighted by molar-refractivity contribution is 5.95. The zero-order valence-electron chi connectivity index (χ0n) is 11.2. The molecule has 1 N–H and O–H groups in total. The van der Waals surface area contributed by atoms with E-state index in [0.29, 0.717) is 18.0 Å². The molecular formula is C13H16N4O2. The Morgan fingerprint density at radius 1 is 1.53 bits per heavy atom. The van der Waals surface area contributed by atoms with Crippen molar-refractivity contribution >= 4 is 17.5 Å². The first-order valence-electron chi connectivity index (χ1n) is 6.01. The van der Waals surface area contributed by atoms with Crippen LogP contribution in [0.25, 0.3) is 0 Å². The first-order valence-corrected chi connectivity index (χ1v) is 6.01. The molecule has 6 heteroatoms. The predicted molar refractivity (Wildman–Crippen MR) is 71.4 cm³/mol. The van der Waals surface area contributed by atoms with Gasteiger partial charge in [0.05, 0.1) is 18.0 Å². The minimum Gasteiger partial charge on any atom is -0.462 e. The molecule has 2 aromatic heterocycles. The molecule has 2 heterocycles. The molecule has 2 rings (SSSR count). The molecule has 100 valence electrons. The summed E-state index contributed by atoms with van der Waals surface area (Å²) >= 11 is 0. The van der Waals surface area contributed by atoms with Crippen molar-refractivity contribution in [3.63, 3.8) is 0 Å². The van der Waals surface area contributed by atoms with Gasteiger partial charge in [-0.05, 0) is 26.0 Å². The summed E-state index contributed by atoms with van der Waals surface area (Å²) < 4.78 is 6.70. The maximum absolute atomic E-state index is 11.8. The number of hydrogen-bond donors (Lipinski definition) is 1. The van der Waals surface area contributed by atoms with Crippen LogP contribution in [0, 0.1) is 6.92 Å². The van der Waals surface area contributed by atoms with Crippen molar-refractivity contribution < 1.29 is 9.53 Å². The number of esters is 1. The maximum atomic E-state index is 11.8. The third kappa shape index (κ3) is 2.90. The van der Waals surface area contributed by atoms with Gasteiger partial charge in [0.25, 0.3) is 0 Å². The van der Waals surface area contributed by atoms with Crippen LogP contribution in [-0.2, 0) is 11.8 Å². The van der Waals surface area contributed by atoms with E-state index < -0.39 is 0 Å². The molecule has 0 saturated heterocycles. The molecule has 0 aliphatic rings. The number of aryl methyl sites for hydroxylation is 2. The molecule has 0 amide bonds. The molecule has 0 spiro atoms. The number of carbonyl (C=O) groups excluding carboxylic acids is 1. The molecule has 0 fully saturated rings. The lowest BCUT2D eigenvalue weighted by Gasteiger charge is -2.09. The van der Waals surface area contributed by atoms with E-state index in [1.165, 1.54) is 0 Å². The molecule has 0 aromatic carbocycles. The summed E-state index contributed by atoms with van der Waals surface area (Å²) in [6.45, 7) is 3.99. The van der Waals surface area contributed by atoms with Crippen LogP contribution in [0.2, 0.25) is 0 Å². The molecular weight excluding hydrogens is 244 g/mol. The summed E-state index contributed by atoms with van der Waals surface area (Å²) in [5.74, 6) is 0.0803. The third-order valence-corrected chi connectivity index (χ3v) is 2.57. The van der Waals surface area contributed by atoms with E-state index in [0.717, 1.165) is 11.4 Å². The highest BCUT2D eigenvalue weighted by Gasteiger charge is 2.14. The summed E-state index contributed by atoms with van der Waals surface area (Å²) in [7, 11) is 1.84. The van der Waals surface area contributed by atoms with Crippen LogP contribution in [0.15, 0.2) is 24.5 Å². The fourth-order valence-corrected chi connectivity index (χ4v) is 1.73. The molecule has 0 saturated carbocycles. The van der Waals surface area contributed by atoms with Crippen molar-refractivity contribution in [3.8, 4) is 0 Å². The zero-order valence-corrected chi connectivity index (χ0v) is 11.2. The number of aromatic nitrogens is 3. The van der Waals surface area contributed by atoms with Crippen LogP contribution in [-0.4, -0.2) is 27.3 Å². The number of hydrogen-bond acceptors (Lipinski definition) is 5. The van der Waals surface area contributed by atoms with Gasteiger partial charge in [-0.25, -0.2) is 9.78 Å². The first-order chi connectivity index (χ1) is 9.11. The lowest BCUT2D eigenvalue weighted by atomic mass is 10.2. The van der Waals surface area contributed by atoms with Gasteiger partial charge in [-0.3, -0.25) is 4.68 Å². The lowest BCUT2D eigenvalue weighted by Crippen LogP contribution is -2.09. The normalized spacial score (nSPS) is 10.3. The molecule has 19 heavy (non-hydrogen) atoms. The Morgan fingerprint density at radius 3 is 2.95 bits per heavy atom. The van der Waals surface area contributed by atoms with E-state index in [-0.39, 0.29) is 5.97 Å². The van der Waals surface area contributed by atoms with Crippen LogP contribution in [0.5, 0.6) is 0 Å². The van der Waals surface area contributed by atoms with E-state index in [9.17, 15) is 4.79 Å². The number of nitrogens with one attached hydrogen (secondary N) is 1. The minimum absolute atomic E-state index is 0.332. The van der Waals surface area contributed by atoms with Gasteiger partial charge >= 0.3 is 5.97 Å². The van der Waals surface area contributed by atoms with Gasteiger partial charge in [-0.15, -0.1) is 0 Å². The minimum atomic E-state index is -0.389. The average molecular weight is 260 g/mol. The van der Waals surface area contributed by atoms with Crippen molar-refractivity contribution in [2.75, 3.05) is 11.9 Å². The molecule has 0 aliphatic carbocycles. The summed E-state index contributed by atoms with van der Waals surface area (Å²) in [6, 6.07) is 3.38. The Labute approximate surface area is 111 Å². The smallest absolute Gasteiger partial charge is 0.341 e. The number of nitrogens with zero attached hydrogens (tertiary/aromatic N) is 3. The Bertz CT molecular complexity index is 592. The summed E-state index contributed by atoms with van der Waals surface area (Å²) in [5.41, 5.74) is 2.06. The van der Waals surface area contributed by atoms with E-state index in [1.54, 1.807) is 29.9 Å². The lowest BCUT2D eigenvalue weighted by molar-refractivity contribution is 0.0527. The summed E-state index contributed by atoms with van der Waals surface area (Å²) in [6.07, 6.45) is 3.45. The van der Waals surface area contributed by atoms with Crippen LogP contribution >= 0.6 is 0 Å². The highest BCUT2D eigenvalue weighted by atomic mass is 16.5. The zero-order chi connectivity index (χ0) is 13.8. The van der Waals surface area contributed by atoms with Crippen LogP contribution in [0.4, 0.5) is 11.5 Å². The second kappa shape index (κ2) is 5.51. The van der Waals surface area contributed by atoms with Crippen LogP contribution in [0.1, 0.15) is 23.0 Å². The first kappa shape index (κ1) is 13.1. The van der Waals surface area contributed by atoms with E-state index in [1.807, 2.05) is 20.2 Å². The van der Waals surface area contributed by atoms with Crippen molar-refractivity contribution in [2.24, 2.45) is 7.05 Å². The Hall–Kier alpha value is -2.37. The standard InChI is InChI=1S/C13H16N4O2/c1-4-19-13(18)10-6-5-7-14-12(10)15-11-8-17(3)16-9(11)2/h5-8H,4H2,1-3H3,(H,14,15). The van der Waals surface area contributed by atoms with Crippen molar-refractivity contribution in [2.45, 2.75) is 13.8 Å². The van der Waals surface area contributed by atoms with Gasteiger partial charge in [0, 0.05) is 19.4 Å². The van der Waals surface area contributed by atoms with Crippen LogP contribution in [0.3, 0.4) is 0 Å². The Balaban J connectivity index is 2.30. The van der Waals surface area contributed by atoms with Gasteiger partial charge in [-0.2, -0.15) is 5.10 Å². The molecule has 0 atom stereocenters. The molecule has 0 unspecified atom stereocenters. The highest BCUT2D eigenvalue weighted by Crippen LogP contribution is 2.21. The van der Waals surface area contributed by atoms with E-state index >= 15 is 0 Å². The largest absolute Gasteiger partial charge is 0.462 e. The average Bonchev–Trinajstić information content (AvgIpc) is 2.69. The Kier molecular flexibility index (Phi) is 3.79. The number of pyridine rings is 1. The van der Waals surface area contributed by atoms with Crippen molar-refractivity contribution in [1.29, 1.82) is 0 Å². The predicted octanol–water partition coefficient (Wildman–Crippen LogP) is 2.04. The summed E-state index contributed by atoms with van der Waals surface area (Å²) in [5, 5.41) is 7.33. The molecule has 2 aromatic rings. The van der Waals surface area contributed by atoms with Gasteiger partial charge in [0.15, 0.2) is 0 Å². The van der Waals surface area contributed by atoms with Gasteiger partial charge < -0.3 is 10.1 Å². The van der Waals surface area contributed by atoms with Gasteiger partial charge in [0.2, 0.25) is 0 Å². The van der Waals surface area contributed by atoms with E-state index in [4.69, 9.17) is 4.74 Å². The molecule has 0 bridgehead atoms. The SMILES string of the molecule is CCOC(=O)c1cccnc1Nc1cn(C)nc1C. The number of anilines is 2. The molecule has 0 radical (unpaired) electrons. The van der Waals surface area contributed by atoms with Crippen molar-refractivity contribution in [3.05, 3.63) is 35.8 Å². The number of ether oxygens (including phenoxy) is 1. The quantitative estimate of drug-likeness (QED) is 0.852. The van der Waals surface area contributed by atoms with Crippen molar-refractivity contribution in [1.82, 2.24) is 14.8 Å². The molecule has 6 nitrogen and oxygen atoms in total. The van der Waals surface area contributed by atoms with Crippen LogP contribution < -0.4 is 5.32 Å². The second-order valence-corrected chi connectivity index (χ2v) is 4.05. The Morgan fingerprint density at radius 2 is 2.32 bits per heavy atom. The maximum Gasteiger partial charge on any atom is 0.341 e. The second-order valence-electron chi connectivity index (χ2n) is 4.05. The number of rotatable bonds is 4.